The Hall–Kier alpha value is 0.844. The first-order chi connectivity index (χ1) is 8.93. The van der Waals surface area contributed by atoms with Gasteiger partial charge in [-0.05, 0) is 32.0 Å². The second-order valence-electron chi connectivity index (χ2n) is 4.09. The second kappa shape index (κ2) is 12.9. The Labute approximate surface area is 121 Å². The van der Waals surface area contributed by atoms with Gasteiger partial charge in [-0.15, -0.1) is 0 Å². The number of unbranched alkanes of at least 4 members (excludes halogenated alkanes) is 1. The van der Waals surface area contributed by atoms with E-state index in [-0.39, 0.29) is 0 Å². The van der Waals surface area contributed by atoms with E-state index in [1.165, 1.54) is 12.8 Å². The summed E-state index contributed by atoms with van der Waals surface area (Å²) < 4.78 is 27.8. The van der Waals surface area contributed by atoms with Gasteiger partial charge in [0.2, 0.25) is 0 Å². The maximum Gasteiger partial charge on any atom is 0.303 e. The Morgan fingerprint density at radius 3 is 2.17 bits per heavy atom. The van der Waals surface area contributed by atoms with Crippen LogP contribution in [0.25, 0.3) is 0 Å². The molecule has 0 bridgehead atoms. The largest absolute Gasteiger partial charge is 0.425 e. The van der Waals surface area contributed by atoms with Crippen molar-refractivity contribution in [2.75, 3.05) is 13.1 Å². The van der Waals surface area contributed by atoms with Gasteiger partial charge in [-0.3, -0.25) is 0 Å². The van der Waals surface area contributed by atoms with Gasteiger partial charge in [0, 0.05) is 0 Å². The smallest absolute Gasteiger partial charge is 0.303 e. The van der Waals surface area contributed by atoms with Crippen molar-refractivity contribution in [2.45, 2.75) is 32.2 Å². The standard InChI is InChI=1S/C7H25NO5Si5/c1-2-3-5-8-6-4-7-18-12-16-10-14-9-15-11-17-13-18/h8,18H,2-7,14-17H2,1H3. The molecule has 1 saturated heterocycles. The van der Waals surface area contributed by atoms with E-state index in [4.69, 9.17) is 20.6 Å². The third-order valence-corrected chi connectivity index (χ3v) is 11.5. The molecule has 1 fully saturated rings. The Bertz CT molecular complexity index is 184. The summed E-state index contributed by atoms with van der Waals surface area (Å²) in [6.45, 7) is 4.39. The Kier molecular flexibility index (Phi) is 12.1. The summed E-state index contributed by atoms with van der Waals surface area (Å²) in [6, 6.07) is 1.07. The number of hydrogen-bond acceptors (Lipinski definition) is 6. The summed E-state index contributed by atoms with van der Waals surface area (Å²) in [5.74, 6) is 0. The molecule has 0 aromatic carbocycles. The van der Waals surface area contributed by atoms with Crippen LogP contribution in [0.1, 0.15) is 26.2 Å². The zero-order valence-corrected chi connectivity index (χ0v) is 18.0. The lowest BCUT2D eigenvalue weighted by Crippen LogP contribution is -2.32. The number of rotatable bonds is 7. The van der Waals surface area contributed by atoms with Crippen molar-refractivity contribution in [3.63, 3.8) is 0 Å². The SMILES string of the molecule is CCCCNCCC[SiH]1O[SiH2]O[SiH2]O[SiH2]O[SiH2]O1. The molecule has 6 nitrogen and oxygen atoms in total. The highest BCUT2D eigenvalue weighted by Gasteiger charge is 2.14. The zero-order valence-electron chi connectivity index (χ0n) is 11.2. The molecule has 18 heavy (non-hydrogen) atoms. The molecule has 0 unspecified atom stereocenters. The van der Waals surface area contributed by atoms with E-state index in [1.807, 2.05) is 0 Å². The molecule has 0 atom stereocenters. The molecular formula is C7H25NO5Si5. The zero-order chi connectivity index (χ0) is 12.9. The van der Waals surface area contributed by atoms with Crippen LogP contribution in [0.2, 0.25) is 6.04 Å². The number of nitrogens with one attached hydrogen (secondary N) is 1. The van der Waals surface area contributed by atoms with Crippen LogP contribution in [0.3, 0.4) is 0 Å². The summed E-state index contributed by atoms with van der Waals surface area (Å²) in [4.78, 5) is 0. The minimum Gasteiger partial charge on any atom is -0.425 e. The number of hydrogen-bond donors (Lipinski definition) is 1. The minimum absolute atomic E-state index is 0.792. The molecule has 0 spiro atoms. The van der Waals surface area contributed by atoms with Crippen LogP contribution in [0.15, 0.2) is 0 Å². The molecule has 0 aliphatic carbocycles. The predicted octanol–water partition coefficient (Wildman–Crippen LogP) is -2.92. The average molecular weight is 344 g/mol. The molecular weight excluding hydrogens is 319 g/mol. The lowest BCUT2D eigenvalue weighted by molar-refractivity contribution is 0.331. The molecule has 1 aliphatic rings. The first-order valence-corrected chi connectivity index (χ1v) is 13.0. The van der Waals surface area contributed by atoms with E-state index >= 15 is 0 Å². The highest BCUT2D eigenvalue weighted by Crippen LogP contribution is 2.01. The van der Waals surface area contributed by atoms with E-state index in [1.54, 1.807) is 0 Å². The van der Waals surface area contributed by atoms with Gasteiger partial charge in [-0.25, -0.2) is 0 Å². The van der Waals surface area contributed by atoms with Crippen molar-refractivity contribution in [3.05, 3.63) is 0 Å². The lowest BCUT2D eigenvalue weighted by atomic mass is 10.3. The van der Waals surface area contributed by atoms with Crippen LogP contribution < -0.4 is 5.32 Å². The van der Waals surface area contributed by atoms with E-state index in [2.05, 4.69) is 12.2 Å². The van der Waals surface area contributed by atoms with Crippen LogP contribution in [0.4, 0.5) is 0 Å². The van der Waals surface area contributed by atoms with Crippen LogP contribution in [-0.2, 0) is 20.6 Å². The molecule has 0 radical (unpaired) electrons. The van der Waals surface area contributed by atoms with Crippen LogP contribution in [0.5, 0.6) is 0 Å². The van der Waals surface area contributed by atoms with Crippen molar-refractivity contribution in [3.8, 4) is 0 Å². The molecule has 1 N–H and O–H groups in total. The first-order valence-electron chi connectivity index (χ1n) is 6.60. The van der Waals surface area contributed by atoms with E-state index < -0.39 is 49.3 Å². The Morgan fingerprint density at radius 1 is 0.889 bits per heavy atom. The van der Waals surface area contributed by atoms with Crippen molar-refractivity contribution < 1.29 is 20.6 Å². The van der Waals surface area contributed by atoms with Gasteiger partial charge in [0.05, 0.1) is 0 Å². The minimum atomic E-state index is -1.49. The van der Waals surface area contributed by atoms with Gasteiger partial charge in [0.1, 0.15) is 0 Å². The summed E-state index contributed by atoms with van der Waals surface area (Å²) >= 11 is 0. The van der Waals surface area contributed by atoms with Gasteiger partial charge >= 0.3 is 9.28 Å². The van der Waals surface area contributed by atoms with Crippen LogP contribution >= 0.6 is 0 Å². The second-order valence-corrected chi connectivity index (χ2v) is 14.0. The summed E-state index contributed by atoms with van der Waals surface area (Å²) in [6.07, 6.45) is 3.64. The normalized spacial score (nSPS) is 28.2. The summed E-state index contributed by atoms with van der Waals surface area (Å²) in [7, 11) is -4.75. The van der Waals surface area contributed by atoms with Crippen molar-refractivity contribution in [2.24, 2.45) is 0 Å². The molecule has 0 aromatic rings. The monoisotopic (exact) mass is 343 g/mol. The molecule has 1 heterocycles. The Morgan fingerprint density at radius 2 is 1.50 bits per heavy atom. The third-order valence-electron chi connectivity index (χ3n) is 2.51. The average Bonchev–Trinajstić information content (AvgIpc) is 2.41. The molecule has 0 amide bonds. The highest BCUT2D eigenvalue weighted by atomic mass is 28.4. The first kappa shape index (κ1) is 16.9. The molecule has 11 heteroatoms. The van der Waals surface area contributed by atoms with Crippen LogP contribution in [0, 0.1) is 0 Å². The predicted molar refractivity (Wildman–Crippen MR) is 84.0 cm³/mol. The lowest BCUT2D eigenvalue weighted by Gasteiger charge is -2.19. The third kappa shape index (κ3) is 9.73. The van der Waals surface area contributed by atoms with Gasteiger partial charge in [0.15, 0.2) is 0 Å². The van der Waals surface area contributed by atoms with Gasteiger partial charge in [0.25, 0.3) is 40.0 Å². The maximum absolute atomic E-state index is 5.78. The molecule has 0 saturated carbocycles. The molecule has 1 aliphatic heterocycles. The van der Waals surface area contributed by atoms with E-state index in [0.717, 1.165) is 25.6 Å². The Balaban J connectivity index is 2.02. The topological polar surface area (TPSA) is 58.2 Å². The molecule has 0 aromatic heterocycles. The maximum atomic E-state index is 5.78. The van der Waals surface area contributed by atoms with Gasteiger partial charge in [-0.1, -0.05) is 13.3 Å². The van der Waals surface area contributed by atoms with Crippen LogP contribution in [-0.4, -0.2) is 62.4 Å². The molecule has 108 valence electrons. The van der Waals surface area contributed by atoms with Gasteiger partial charge in [-0.2, -0.15) is 0 Å². The fraction of sp³-hybridized carbons (Fsp3) is 1.00. The molecule has 1 rings (SSSR count). The van der Waals surface area contributed by atoms with Crippen molar-refractivity contribution in [1.29, 1.82) is 0 Å². The van der Waals surface area contributed by atoms with Gasteiger partial charge < -0.3 is 25.9 Å². The summed E-state index contributed by atoms with van der Waals surface area (Å²) in [5, 5.41) is 3.44. The summed E-state index contributed by atoms with van der Waals surface area (Å²) in [5.41, 5.74) is 0. The van der Waals surface area contributed by atoms with E-state index in [0.29, 0.717) is 0 Å². The van der Waals surface area contributed by atoms with Crippen molar-refractivity contribution in [1.82, 2.24) is 5.32 Å². The van der Waals surface area contributed by atoms with Crippen molar-refractivity contribution >= 4 is 49.3 Å². The quantitative estimate of drug-likeness (QED) is 0.395. The fourth-order valence-corrected chi connectivity index (χ4v) is 12.2. The fourth-order valence-electron chi connectivity index (χ4n) is 1.50. The van der Waals surface area contributed by atoms with E-state index in [9.17, 15) is 0 Å². The highest BCUT2D eigenvalue weighted by molar-refractivity contribution is 6.59.